The van der Waals surface area contributed by atoms with E-state index in [1.165, 1.54) is 0 Å². The Hall–Kier alpha value is -3.25. The number of hydrogen-bond donors (Lipinski definition) is 1. The minimum Gasteiger partial charge on any atom is -0.497 e. The van der Waals surface area contributed by atoms with Crippen LogP contribution in [0.25, 0.3) is 21.7 Å². The largest absolute Gasteiger partial charge is 0.497 e. The topological polar surface area (TPSA) is 59.9 Å². The van der Waals surface area contributed by atoms with Crippen LogP contribution in [-0.4, -0.2) is 22.1 Å². The van der Waals surface area contributed by atoms with Crippen molar-refractivity contribution >= 4 is 22.2 Å². The summed E-state index contributed by atoms with van der Waals surface area (Å²) in [4.78, 5) is 14.3. The molecule has 4 rings (SSSR count). The van der Waals surface area contributed by atoms with Gasteiger partial charge in [0.05, 0.1) is 29.6 Å². The smallest absolute Gasteiger partial charge is 0.188 e. The first-order valence-corrected chi connectivity index (χ1v) is 8.88. The van der Waals surface area contributed by atoms with Gasteiger partial charge in [0.25, 0.3) is 0 Å². The molecule has 0 radical (unpaired) electrons. The summed E-state index contributed by atoms with van der Waals surface area (Å²) in [5.74, 6) is 0.820. The molecule has 0 saturated carbocycles. The Labute approximate surface area is 155 Å². The summed E-state index contributed by atoms with van der Waals surface area (Å²) in [6.45, 7) is 0. The molecule has 26 heavy (non-hydrogen) atoms. The van der Waals surface area contributed by atoms with Crippen LogP contribution in [0.1, 0.15) is 0 Å². The third kappa shape index (κ3) is 3.41. The highest BCUT2D eigenvalue weighted by atomic mass is 32.1. The van der Waals surface area contributed by atoms with Crippen LogP contribution in [0.3, 0.4) is 0 Å². The fourth-order valence-corrected chi connectivity index (χ4v) is 3.57. The summed E-state index contributed by atoms with van der Waals surface area (Å²) in [5.41, 5.74) is 3.88. The second-order valence-electron chi connectivity index (χ2n) is 5.53. The van der Waals surface area contributed by atoms with E-state index in [-0.39, 0.29) is 0 Å². The van der Waals surface area contributed by atoms with Crippen molar-refractivity contribution in [1.29, 1.82) is 0 Å². The zero-order chi connectivity index (χ0) is 17.8. The predicted molar refractivity (Wildman–Crippen MR) is 105 cm³/mol. The molecule has 5 nitrogen and oxygen atoms in total. The van der Waals surface area contributed by atoms with E-state index in [2.05, 4.69) is 15.3 Å². The summed E-state index contributed by atoms with van der Waals surface area (Å²) in [6.07, 6.45) is 7.15. The number of nitrogens with zero attached hydrogens (tertiary/aromatic N) is 3. The number of hydrogen-bond acceptors (Lipinski definition) is 6. The maximum atomic E-state index is 5.26. The van der Waals surface area contributed by atoms with Crippen LogP contribution in [0.5, 0.6) is 5.75 Å². The van der Waals surface area contributed by atoms with Gasteiger partial charge in [0.1, 0.15) is 5.75 Å². The van der Waals surface area contributed by atoms with E-state index in [1.807, 2.05) is 54.7 Å². The third-order valence-electron chi connectivity index (χ3n) is 3.83. The zero-order valence-electron chi connectivity index (χ0n) is 14.1. The molecule has 128 valence electrons. The van der Waals surface area contributed by atoms with Gasteiger partial charge in [0, 0.05) is 29.7 Å². The van der Waals surface area contributed by atoms with Crippen LogP contribution in [0.4, 0.5) is 10.8 Å². The molecule has 0 aliphatic heterocycles. The first-order chi connectivity index (χ1) is 12.8. The molecule has 3 aromatic heterocycles. The normalized spacial score (nSPS) is 10.5. The summed E-state index contributed by atoms with van der Waals surface area (Å²) in [7, 11) is 1.66. The standard InChI is InChI=1S/C20H16N4OS/c1-25-17-8-6-14(7-9-17)18-19(15-4-2-10-21-12-15)26-20(24-18)23-16-5-3-11-22-13-16/h2-13H,1H3,(H,23,24). The number of nitrogens with one attached hydrogen (secondary N) is 1. The molecule has 6 heteroatoms. The second kappa shape index (κ2) is 7.33. The first-order valence-electron chi connectivity index (χ1n) is 8.06. The molecular formula is C20H16N4OS. The highest BCUT2D eigenvalue weighted by Crippen LogP contribution is 2.39. The zero-order valence-corrected chi connectivity index (χ0v) is 14.9. The van der Waals surface area contributed by atoms with Crippen LogP contribution >= 0.6 is 11.3 Å². The molecule has 4 aromatic rings. The monoisotopic (exact) mass is 360 g/mol. The maximum absolute atomic E-state index is 5.26. The fraction of sp³-hybridized carbons (Fsp3) is 0.0500. The van der Waals surface area contributed by atoms with E-state index >= 15 is 0 Å². The van der Waals surface area contributed by atoms with Crippen LogP contribution in [-0.2, 0) is 0 Å². The number of ether oxygens (including phenoxy) is 1. The van der Waals surface area contributed by atoms with Crippen LogP contribution in [0, 0.1) is 0 Å². The van der Waals surface area contributed by atoms with Gasteiger partial charge in [0.15, 0.2) is 5.13 Å². The van der Waals surface area contributed by atoms with Crippen molar-refractivity contribution in [1.82, 2.24) is 15.0 Å². The molecule has 0 atom stereocenters. The van der Waals surface area contributed by atoms with Crippen molar-refractivity contribution in [3.05, 3.63) is 73.3 Å². The number of anilines is 2. The molecule has 0 unspecified atom stereocenters. The minimum absolute atomic E-state index is 0.808. The van der Waals surface area contributed by atoms with Gasteiger partial charge in [-0.3, -0.25) is 9.97 Å². The van der Waals surface area contributed by atoms with Crippen LogP contribution < -0.4 is 10.1 Å². The summed E-state index contributed by atoms with van der Waals surface area (Å²) < 4.78 is 5.26. The molecule has 0 spiro atoms. The van der Waals surface area contributed by atoms with Gasteiger partial charge in [-0.15, -0.1) is 0 Å². The van der Waals surface area contributed by atoms with E-state index in [1.54, 1.807) is 37.0 Å². The van der Waals surface area contributed by atoms with Gasteiger partial charge >= 0.3 is 0 Å². The average molecular weight is 360 g/mol. The minimum atomic E-state index is 0.808. The number of aromatic nitrogens is 3. The van der Waals surface area contributed by atoms with E-state index in [0.717, 1.165) is 38.3 Å². The number of thiazole rings is 1. The highest BCUT2D eigenvalue weighted by Gasteiger charge is 2.15. The van der Waals surface area contributed by atoms with Crippen LogP contribution in [0.2, 0.25) is 0 Å². The number of pyridine rings is 2. The van der Waals surface area contributed by atoms with Gasteiger partial charge in [-0.25, -0.2) is 4.98 Å². The Morgan fingerprint density at radius 2 is 1.65 bits per heavy atom. The second-order valence-corrected chi connectivity index (χ2v) is 6.53. The Balaban J connectivity index is 1.77. The third-order valence-corrected chi connectivity index (χ3v) is 4.85. The van der Waals surface area contributed by atoms with Gasteiger partial charge in [0.2, 0.25) is 0 Å². The Bertz CT molecular complexity index is 986. The van der Waals surface area contributed by atoms with E-state index in [9.17, 15) is 0 Å². The van der Waals surface area contributed by atoms with Crippen molar-refractivity contribution in [3.63, 3.8) is 0 Å². The quantitative estimate of drug-likeness (QED) is 0.541. The maximum Gasteiger partial charge on any atom is 0.188 e. The number of benzene rings is 1. The lowest BCUT2D eigenvalue weighted by Crippen LogP contribution is -1.90. The SMILES string of the molecule is COc1ccc(-c2nc(Nc3cccnc3)sc2-c2cccnc2)cc1. The summed E-state index contributed by atoms with van der Waals surface area (Å²) in [5, 5.41) is 4.13. The lowest BCUT2D eigenvalue weighted by atomic mass is 10.1. The molecule has 0 saturated heterocycles. The lowest BCUT2D eigenvalue weighted by molar-refractivity contribution is 0.415. The van der Waals surface area contributed by atoms with Crippen molar-refractivity contribution in [3.8, 4) is 27.4 Å². The van der Waals surface area contributed by atoms with E-state index < -0.39 is 0 Å². The summed E-state index contributed by atoms with van der Waals surface area (Å²) in [6, 6.07) is 15.7. The summed E-state index contributed by atoms with van der Waals surface area (Å²) >= 11 is 1.59. The number of rotatable bonds is 5. The van der Waals surface area contributed by atoms with Crippen molar-refractivity contribution in [2.75, 3.05) is 12.4 Å². The Morgan fingerprint density at radius 1 is 0.885 bits per heavy atom. The number of methoxy groups -OCH3 is 1. The van der Waals surface area contributed by atoms with E-state index in [4.69, 9.17) is 9.72 Å². The Kier molecular flexibility index (Phi) is 4.57. The average Bonchev–Trinajstić information content (AvgIpc) is 3.13. The van der Waals surface area contributed by atoms with Gasteiger partial charge in [-0.05, 0) is 42.5 Å². The van der Waals surface area contributed by atoms with Gasteiger partial charge in [-0.1, -0.05) is 17.4 Å². The molecule has 0 fully saturated rings. The first kappa shape index (κ1) is 16.2. The van der Waals surface area contributed by atoms with Crippen LogP contribution in [0.15, 0.2) is 73.3 Å². The molecule has 0 aliphatic rings. The molecule has 0 amide bonds. The predicted octanol–water partition coefficient (Wildman–Crippen LogP) is 5.02. The molecule has 0 aliphatic carbocycles. The van der Waals surface area contributed by atoms with Crippen molar-refractivity contribution in [2.45, 2.75) is 0 Å². The molecule has 3 heterocycles. The fourth-order valence-electron chi connectivity index (χ4n) is 2.57. The lowest BCUT2D eigenvalue weighted by Gasteiger charge is -2.04. The van der Waals surface area contributed by atoms with Gasteiger partial charge in [-0.2, -0.15) is 0 Å². The van der Waals surface area contributed by atoms with Gasteiger partial charge < -0.3 is 10.1 Å². The highest BCUT2D eigenvalue weighted by molar-refractivity contribution is 7.19. The van der Waals surface area contributed by atoms with E-state index in [0.29, 0.717) is 0 Å². The molecule has 1 N–H and O–H groups in total. The van der Waals surface area contributed by atoms with Crippen molar-refractivity contribution < 1.29 is 4.74 Å². The molecule has 0 bridgehead atoms. The molecule has 1 aromatic carbocycles. The molecular weight excluding hydrogens is 344 g/mol. The van der Waals surface area contributed by atoms with Crippen molar-refractivity contribution in [2.24, 2.45) is 0 Å². The Morgan fingerprint density at radius 3 is 2.31 bits per heavy atom.